The number of rotatable bonds is 7. The van der Waals surface area contributed by atoms with E-state index in [4.69, 9.17) is 11.5 Å². The van der Waals surface area contributed by atoms with Crippen molar-refractivity contribution in [3.63, 3.8) is 0 Å². The zero-order valence-corrected chi connectivity index (χ0v) is 21.8. The lowest BCUT2D eigenvalue weighted by Crippen LogP contribution is -2.56. The summed E-state index contributed by atoms with van der Waals surface area (Å²) < 4.78 is 0. The van der Waals surface area contributed by atoms with Gasteiger partial charge in [-0.05, 0) is 42.5 Å². The Kier molecular flexibility index (Phi) is 10.8. The third kappa shape index (κ3) is 9.24. The largest absolute Gasteiger partial charge is 0.508 e. The first kappa shape index (κ1) is 29.8. The van der Waals surface area contributed by atoms with E-state index < -0.39 is 60.2 Å². The Labute approximate surface area is 231 Å². The summed E-state index contributed by atoms with van der Waals surface area (Å²) in [6.45, 7) is -0.452. The normalized spacial score (nSPS) is 22.0. The molecule has 1 aliphatic rings. The van der Waals surface area contributed by atoms with E-state index >= 15 is 0 Å². The quantitative estimate of drug-likeness (QED) is 0.212. The van der Waals surface area contributed by atoms with E-state index in [1.54, 1.807) is 48.6 Å². The first-order chi connectivity index (χ1) is 19.1. The lowest BCUT2D eigenvalue weighted by Gasteiger charge is -2.23. The molecule has 0 bridgehead atoms. The van der Waals surface area contributed by atoms with Crippen LogP contribution in [0.2, 0.25) is 0 Å². The van der Waals surface area contributed by atoms with Crippen LogP contribution in [0.3, 0.4) is 0 Å². The molecule has 9 N–H and O–H groups in total. The van der Waals surface area contributed by atoms with Crippen molar-refractivity contribution in [3.05, 3.63) is 77.9 Å². The molecule has 1 aliphatic heterocycles. The number of nitrogens with two attached hydrogens (primary N) is 2. The molecule has 0 aliphatic carbocycles. The maximum atomic E-state index is 13.0. The minimum absolute atomic E-state index is 0.0290. The van der Waals surface area contributed by atoms with Crippen LogP contribution in [-0.2, 0) is 36.8 Å². The van der Waals surface area contributed by atoms with Gasteiger partial charge in [0, 0.05) is 6.42 Å². The monoisotopic (exact) mass is 550 g/mol. The predicted octanol–water partition coefficient (Wildman–Crippen LogP) is -1.09. The van der Waals surface area contributed by atoms with E-state index in [0.717, 1.165) is 11.1 Å². The second-order valence-corrected chi connectivity index (χ2v) is 9.47. The van der Waals surface area contributed by atoms with Crippen molar-refractivity contribution in [2.45, 2.75) is 49.9 Å². The van der Waals surface area contributed by atoms with Gasteiger partial charge in [-0.15, -0.1) is 0 Å². The minimum Gasteiger partial charge on any atom is -0.508 e. The van der Waals surface area contributed by atoms with Crippen LogP contribution in [0.15, 0.2) is 66.7 Å². The third-order valence-electron chi connectivity index (χ3n) is 6.29. The molecule has 0 saturated carbocycles. The number of amides is 5. The Morgan fingerprint density at radius 2 is 1.60 bits per heavy atom. The van der Waals surface area contributed by atoms with E-state index in [2.05, 4.69) is 21.3 Å². The molecule has 2 aromatic rings. The number of benzene rings is 2. The summed E-state index contributed by atoms with van der Waals surface area (Å²) in [7, 11) is 0. The highest BCUT2D eigenvalue weighted by Crippen LogP contribution is 2.11. The van der Waals surface area contributed by atoms with Gasteiger partial charge in [-0.25, -0.2) is 0 Å². The number of aromatic hydroxyl groups is 1. The average Bonchev–Trinajstić information content (AvgIpc) is 2.93. The van der Waals surface area contributed by atoms with Crippen molar-refractivity contribution in [1.82, 2.24) is 21.3 Å². The summed E-state index contributed by atoms with van der Waals surface area (Å²) in [4.78, 5) is 63.4. The minimum atomic E-state index is -1.06. The van der Waals surface area contributed by atoms with Crippen LogP contribution in [0.25, 0.3) is 0 Å². The first-order valence-electron chi connectivity index (χ1n) is 12.8. The summed E-state index contributed by atoms with van der Waals surface area (Å²) in [5.41, 5.74) is 13.0. The Morgan fingerprint density at radius 1 is 0.925 bits per heavy atom. The van der Waals surface area contributed by atoms with Gasteiger partial charge in [0.25, 0.3) is 0 Å². The first-order valence-corrected chi connectivity index (χ1v) is 12.8. The standard InChI is InChI=1S/C28H34N6O6/c29-20(14-18-10-12-19(35)13-11-18)26(38)34-22-9-5-4-8-21(25(30)37)33-28(40)23(15-17-6-2-1-3-7-17)32-24(36)16-31-27(22)39/h1-7,10-13,20-23,35H,8-9,14-16,29H2,(H2,30,37)(H,31,39)(H,32,36)(H,33,40)(H,34,38)/b5-4-/t20-,21-,22+,23-/m0/s1. The molecule has 0 saturated heterocycles. The summed E-state index contributed by atoms with van der Waals surface area (Å²) in [6.07, 6.45) is 3.53. The molecule has 0 unspecified atom stereocenters. The number of carbonyl (C=O) groups excluding carboxylic acids is 5. The summed E-state index contributed by atoms with van der Waals surface area (Å²) in [6, 6.07) is 11.1. The number of hydrogen-bond donors (Lipinski definition) is 7. The van der Waals surface area contributed by atoms with Crippen LogP contribution in [-0.4, -0.2) is 65.4 Å². The van der Waals surface area contributed by atoms with Gasteiger partial charge < -0.3 is 37.8 Å². The van der Waals surface area contributed by atoms with E-state index in [1.165, 1.54) is 12.1 Å². The van der Waals surface area contributed by atoms with Crippen molar-refractivity contribution < 1.29 is 29.1 Å². The van der Waals surface area contributed by atoms with Gasteiger partial charge in [0.05, 0.1) is 12.6 Å². The third-order valence-corrected chi connectivity index (χ3v) is 6.29. The fraction of sp³-hybridized carbons (Fsp3) is 0.321. The van der Waals surface area contributed by atoms with Crippen molar-refractivity contribution in [3.8, 4) is 5.75 Å². The number of hydrogen-bond acceptors (Lipinski definition) is 7. The maximum absolute atomic E-state index is 13.0. The zero-order valence-electron chi connectivity index (χ0n) is 21.8. The number of carbonyl (C=O) groups is 5. The van der Waals surface area contributed by atoms with Gasteiger partial charge >= 0.3 is 0 Å². The molecule has 40 heavy (non-hydrogen) atoms. The fourth-order valence-electron chi connectivity index (χ4n) is 4.07. The molecule has 5 amide bonds. The van der Waals surface area contributed by atoms with Crippen LogP contribution >= 0.6 is 0 Å². The van der Waals surface area contributed by atoms with Gasteiger partial charge in [0.2, 0.25) is 29.5 Å². The van der Waals surface area contributed by atoms with E-state index in [9.17, 15) is 29.1 Å². The molecule has 0 spiro atoms. The lowest BCUT2D eigenvalue weighted by molar-refractivity contribution is -0.132. The second kappa shape index (κ2) is 14.4. The average molecular weight is 551 g/mol. The number of primary amides is 1. The second-order valence-electron chi connectivity index (χ2n) is 9.47. The van der Waals surface area contributed by atoms with E-state index in [1.807, 2.05) is 6.07 Å². The molecule has 1 heterocycles. The summed E-state index contributed by atoms with van der Waals surface area (Å²) in [5.74, 6) is -3.13. The highest BCUT2D eigenvalue weighted by atomic mass is 16.3. The summed E-state index contributed by atoms with van der Waals surface area (Å²) in [5, 5.41) is 19.7. The summed E-state index contributed by atoms with van der Waals surface area (Å²) >= 11 is 0. The van der Waals surface area contributed by atoms with Crippen molar-refractivity contribution in [2.75, 3.05) is 6.54 Å². The highest BCUT2D eigenvalue weighted by Gasteiger charge is 2.28. The predicted molar refractivity (Wildman–Crippen MR) is 146 cm³/mol. The molecule has 0 aromatic heterocycles. The molecule has 12 nitrogen and oxygen atoms in total. The number of phenols is 1. The van der Waals surface area contributed by atoms with Gasteiger partial charge in [-0.3, -0.25) is 24.0 Å². The van der Waals surface area contributed by atoms with Crippen molar-refractivity contribution >= 4 is 29.5 Å². The lowest BCUT2D eigenvalue weighted by atomic mass is 10.0. The molecule has 4 atom stereocenters. The van der Waals surface area contributed by atoms with Crippen LogP contribution in [0.1, 0.15) is 24.0 Å². The molecule has 3 rings (SSSR count). The Bertz CT molecular complexity index is 1230. The SMILES string of the molecule is NC(=O)[C@@H]1C/C=C\C[C@@H](NC(=O)[C@@H](N)Cc2ccc(O)cc2)C(=O)NCC(=O)N[C@@H](Cc2ccccc2)C(=O)N1. The molecule has 0 fully saturated rings. The maximum Gasteiger partial charge on any atom is 0.243 e. The molecule has 2 aromatic carbocycles. The Hall–Kier alpha value is -4.71. The van der Waals surface area contributed by atoms with Gasteiger partial charge in [-0.1, -0.05) is 54.6 Å². The van der Waals surface area contributed by atoms with Gasteiger partial charge in [0.15, 0.2) is 0 Å². The van der Waals surface area contributed by atoms with Crippen LogP contribution in [0, 0.1) is 0 Å². The Balaban J connectivity index is 1.73. The topological polar surface area (TPSA) is 206 Å². The van der Waals surface area contributed by atoms with E-state index in [0.29, 0.717) is 0 Å². The smallest absolute Gasteiger partial charge is 0.243 e. The number of nitrogens with one attached hydrogen (secondary N) is 4. The molecule has 212 valence electrons. The van der Waals surface area contributed by atoms with Crippen LogP contribution in [0.4, 0.5) is 0 Å². The van der Waals surface area contributed by atoms with Crippen LogP contribution in [0.5, 0.6) is 5.75 Å². The van der Waals surface area contributed by atoms with Gasteiger partial charge in [-0.2, -0.15) is 0 Å². The molecule has 12 heteroatoms. The van der Waals surface area contributed by atoms with Gasteiger partial charge in [0.1, 0.15) is 23.9 Å². The molecular formula is C28H34N6O6. The highest BCUT2D eigenvalue weighted by molar-refractivity contribution is 5.94. The van der Waals surface area contributed by atoms with Crippen LogP contribution < -0.4 is 32.7 Å². The molecular weight excluding hydrogens is 516 g/mol. The zero-order chi connectivity index (χ0) is 29.1. The van der Waals surface area contributed by atoms with Crippen molar-refractivity contribution in [1.29, 1.82) is 0 Å². The Morgan fingerprint density at radius 3 is 2.27 bits per heavy atom. The number of phenolic OH excluding ortho intramolecular Hbond substituents is 1. The van der Waals surface area contributed by atoms with E-state index in [-0.39, 0.29) is 31.4 Å². The van der Waals surface area contributed by atoms with Crippen molar-refractivity contribution in [2.24, 2.45) is 11.5 Å². The fourth-order valence-corrected chi connectivity index (χ4v) is 4.07. The molecule has 0 radical (unpaired) electrons.